The first-order valence-electron chi connectivity index (χ1n) is 6.74. The van der Waals surface area contributed by atoms with E-state index < -0.39 is 0 Å². The molecule has 20 heavy (non-hydrogen) atoms. The molecule has 0 bridgehead atoms. The summed E-state index contributed by atoms with van der Waals surface area (Å²) in [5.74, 6) is 0.117. The van der Waals surface area contributed by atoms with Crippen molar-refractivity contribution in [3.8, 4) is 5.75 Å². The Hall–Kier alpha value is -2.29. The first kappa shape index (κ1) is 14.1. The molecule has 3 heteroatoms. The number of phenols is 1. The molecule has 0 saturated heterocycles. The van der Waals surface area contributed by atoms with Crippen molar-refractivity contribution in [3.63, 3.8) is 0 Å². The van der Waals surface area contributed by atoms with Crippen LogP contribution in [0.3, 0.4) is 0 Å². The second kappa shape index (κ2) is 6.24. The number of rotatable bonds is 4. The van der Waals surface area contributed by atoms with Gasteiger partial charge < -0.3 is 10.0 Å². The highest BCUT2D eigenvalue weighted by Gasteiger charge is 2.13. The van der Waals surface area contributed by atoms with Crippen molar-refractivity contribution < 1.29 is 9.90 Å². The van der Waals surface area contributed by atoms with Crippen LogP contribution in [0.25, 0.3) is 0 Å². The van der Waals surface area contributed by atoms with Crippen molar-refractivity contribution in [1.82, 2.24) is 0 Å². The van der Waals surface area contributed by atoms with E-state index in [9.17, 15) is 9.90 Å². The maximum Gasteiger partial charge on any atom is 0.231 e. The first-order valence-corrected chi connectivity index (χ1v) is 6.74. The van der Waals surface area contributed by atoms with Crippen molar-refractivity contribution in [2.45, 2.75) is 19.8 Å². The molecule has 0 saturated carbocycles. The van der Waals surface area contributed by atoms with Gasteiger partial charge in [0.2, 0.25) is 5.91 Å². The first-order chi connectivity index (χ1) is 9.61. The highest BCUT2D eigenvalue weighted by atomic mass is 16.3. The summed E-state index contributed by atoms with van der Waals surface area (Å²) in [6, 6.07) is 14.9. The predicted molar refractivity (Wildman–Crippen MR) is 81.0 cm³/mol. The molecular weight excluding hydrogens is 250 g/mol. The largest absolute Gasteiger partial charge is 0.508 e. The van der Waals surface area contributed by atoms with Crippen LogP contribution in [0.2, 0.25) is 0 Å². The summed E-state index contributed by atoms with van der Waals surface area (Å²) in [6.45, 7) is 2.10. The highest BCUT2D eigenvalue weighted by Crippen LogP contribution is 2.19. The van der Waals surface area contributed by atoms with E-state index in [1.165, 1.54) is 5.56 Å². The number of anilines is 1. The van der Waals surface area contributed by atoms with Gasteiger partial charge >= 0.3 is 0 Å². The number of para-hydroxylation sites is 1. The number of carbonyl (C=O) groups excluding carboxylic acids is 1. The van der Waals surface area contributed by atoms with Crippen molar-refractivity contribution in [1.29, 1.82) is 0 Å². The zero-order valence-electron chi connectivity index (χ0n) is 11.8. The van der Waals surface area contributed by atoms with Gasteiger partial charge in [-0.15, -0.1) is 0 Å². The summed E-state index contributed by atoms with van der Waals surface area (Å²) in [6.07, 6.45) is 1.18. The topological polar surface area (TPSA) is 40.5 Å². The number of likely N-dealkylation sites (N-methyl/N-ethyl adjacent to an activating group) is 1. The Labute approximate surface area is 119 Å². The molecule has 3 nitrogen and oxygen atoms in total. The second-order valence-electron chi connectivity index (χ2n) is 4.78. The van der Waals surface area contributed by atoms with Crippen molar-refractivity contribution >= 4 is 11.6 Å². The minimum atomic E-state index is -0.0456. The monoisotopic (exact) mass is 269 g/mol. The summed E-state index contributed by atoms with van der Waals surface area (Å²) in [5.41, 5.74) is 2.76. The van der Waals surface area contributed by atoms with E-state index in [-0.39, 0.29) is 18.1 Å². The van der Waals surface area contributed by atoms with E-state index in [1.54, 1.807) is 30.1 Å². The van der Waals surface area contributed by atoms with Crippen LogP contribution < -0.4 is 4.90 Å². The fraction of sp³-hybridized carbons (Fsp3) is 0.235. The van der Waals surface area contributed by atoms with Gasteiger partial charge in [0.1, 0.15) is 5.75 Å². The molecule has 0 aliphatic rings. The summed E-state index contributed by atoms with van der Waals surface area (Å²) in [5, 5.41) is 9.71. The number of aromatic hydroxyl groups is 1. The van der Waals surface area contributed by atoms with E-state index in [2.05, 4.69) is 6.92 Å². The summed E-state index contributed by atoms with van der Waals surface area (Å²) >= 11 is 0. The number of nitrogens with zero attached hydrogens (tertiary/aromatic N) is 1. The van der Waals surface area contributed by atoms with Gasteiger partial charge in [0, 0.05) is 18.3 Å². The third-order valence-electron chi connectivity index (χ3n) is 3.44. The van der Waals surface area contributed by atoms with Crippen LogP contribution in [0.4, 0.5) is 5.69 Å². The number of benzene rings is 2. The van der Waals surface area contributed by atoms with Gasteiger partial charge in [0.25, 0.3) is 0 Å². The standard InChI is InChI=1S/C17H19NO2/c1-3-13-8-10-15(11-9-13)18(2)17(20)12-14-6-4-5-7-16(14)19/h4-11,19H,3,12H2,1-2H3. The normalized spacial score (nSPS) is 10.3. The highest BCUT2D eigenvalue weighted by molar-refractivity contribution is 5.94. The number of hydrogen-bond acceptors (Lipinski definition) is 2. The van der Waals surface area contributed by atoms with Crippen LogP contribution in [-0.4, -0.2) is 18.1 Å². The zero-order valence-corrected chi connectivity index (χ0v) is 11.8. The van der Waals surface area contributed by atoms with Gasteiger partial charge in [0.05, 0.1) is 6.42 Å². The van der Waals surface area contributed by atoms with E-state index in [0.717, 1.165) is 12.1 Å². The predicted octanol–water partition coefficient (Wildman–Crippen LogP) is 3.16. The molecule has 0 spiro atoms. The van der Waals surface area contributed by atoms with E-state index in [1.807, 2.05) is 30.3 Å². The molecule has 0 aliphatic carbocycles. The number of hydrogen-bond donors (Lipinski definition) is 1. The Morgan fingerprint density at radius 2 is 1.75 bits per heavy atom. The molecule has 2 aromatic rings. The molecule has 0 radical (unpaired) electrons. The molecule has 0 aliphatic heterocycles. The average molecular weight is 269 g/mol. The lowest BCUT2D eigenvalue weighted by molar-refractivity contribution is -0.117. The molecule has 0 atom stereocenters. The van der Waals surface area contributed by atoms with E-state index in [0.29, 0.717) is 5.56 Å². The fourth-order valence-electron chi connectivity index (χ4n) is 2.04. The van der Waals surface area contributed by atoms with Gasteiger partial charge in [-0.05, 0) is 30.2 Å². The van der Waals surface area contributed by atoms with Crippen molar-refractivity contribution in [3.05, 3.63) is 59.7 Å². The minimum Gasteiger partial charge on any atom is -0.508 e. The number of amides is 1. The number of aryl methyl sites for hydroxylation is 1. The van der Waals surface area contributed by atoms with E-state index >= 15 is 0 Å². The smallest absolute Gasteiger partial charge is 0.231 e. The lowest BCUT2D eigenvalue weighted by Crippen LogP contribution is -2.27. The van der Waals surface area contributed by atoms with Crippen LogP contribution >= 0.6 is 0 Å². The Morgan fingerprint density at radius 3 is 2.35 bits per heavy atom. The van der Waals surface area contributed by atoms with Crippen LogP contribution in [0.15, 0.2) is 48.5 Å². The minimum absolute atomic E-state index is 0.0456. The number of carbonyl (C=O) groups is 1. The Bertz CT molecular complexity index is 590. The maximum atomic E-state index is 12.2. The molecule has 0 aromatic heterocycles. The fourth-order valence-corrected chi connectivity index (χ4v) is 2.04. The third-order valence-corrected chi connectivity index (χ3v) is 3.44. The van der Waals surface area contributed by atoms with Crippen molar-refractivity contribution in [2.75, 3.05) is 11.9 Å². The molecule has 0 heterocycles. The molecule has 2 aromatic carbocycles. The second-order valence-corrected chi connectivity index (χ2v) is 4.78. The van der Waals surface area contributed by atoms with Gasteiger partial charge in [-0.2, -0.15) is 0 Å². The SMILES string of the molecule is CCc1ccc(N(C)C(=O)Cc2ccccc2O)cc1. The Kier molecular flexibility index (Phi) is 4.41. The lowest BCUT2D eigenvalue weighted by atomic mass is 10.1. The van der Waals surface area contributed by atoms with Crippen LogP contribution in [-0.2, 0) is 17.6 Å². The summed E-state index contributed by atoms with van der Waals surface area (Å²) in [7, 11) is 1.75. The molecule has 1 N–H and O–H groups in total. The van der Waals surface area contributed by atoms with Crippen molar-refractivity contribution in [2.24, 2.45) is 0 Å². The average Bonchev–Trinajstić information content (AvgIpc) is 2.49. The summed E-state index contributed by atoms with van der Waals surface area (Å²) < 4.78 is 0. The maximum absolute atomic E-state index is 12.2. The Balaban J connectivity index is 2.10. The van der Waals surface area contributed by atoms with Gasteiger partial charge in [0.15, 0.2) is 0 Å². The molecular formula is C17H19NO2. The van der Waals surface area contributed by atoms with Gasteiger partial charge in [-0.1, -0.05) is 37.3 Å². The Morgan fingerprint density at radius 1 is 1.10 bits per heavy atom. The van der Waals surface area contributed by atoms with Crippen LogP contribution in [0, 0.1) is 0 Å². The molecule has 0 fully saturated rings. The van der Waals surface area contributed by atoms with Crippen LogP contribution in [0.1, 0.15) is 18.1 Å². The lowest BCUT2D eigenvalue weighted by Gasteiger charge is -2.18. The third kappa shape index (κ3) is 3.18. The van der Waals surface area contributed by atoms with Crippen LogP contribution in [0.5, 0.6) is 5.75 Å². The molecule has 104 valence electrons. The number of phenolic OH excluding ortho intramolecular Hbond substituents is 1. The molecule has 0 unspecified atom stereocenters. The zero-order chi connectivity index (χ0) is 14.5. The van der Waals surface area contributed by atoms with E-state index in [4.69, 9.17) is 0 Å². The quantitative estimate of drug-likeness (QED) is 0.926. The summed E-state index contributed by atoms with van der Waals surface area (Å²) in [4.78, 5) is 13.9. The van der Waals surface area contributed by atoms with Gasteiger partial charge in [-0.25, -0.2) is 0 Å². The molecule has 1 amide bonds. The molecule has 2 rings (SSSR count). The van der Waals surface area contributed by atoms with Gasteiger partial charge in [-0.3, -0.25) is 4.79 Å².